The monoisotopic (exact) mass is 189 g/mol. The molecule has 0 aliphatic heterocycles. The maximum absolute atomic E-state index is 11.4. The summed E-state index contributed by atoms with van der Waals surface area (Å²) in [6, 6.07) is 4.02. The second-order valence-electron chi connectivity index (χ2n) is 4.26. The largest absolute Gasteiger partial charge is 0.299 e. The molecule has 0 amide bonds. The van der Waals surface area contributed by atoms with Crippen molar-refractivity contribution >= 4 is 5.78 Å². The molecule has 0 aromatic carbocycles. The molecule has 1 aliphatic rings. The molecule has 1 heterocycles. The molecule has 1 aromatic heterocycles. The lowest BCUT2D eigenvalue weighted by Crippen LogP contribution is -2.15. The fourth-order valence-corrected chi connectivity index (χ4v) is 1.87. The number of carbonyl (C=O) groups excluding carboxylic acids is 1. The highest BCUT2D eigenvalue weighted by atomic mass is 16.1. The van der Waals surface area contributed by atoms with E-state index in [-0.39, 0.29) is 5.41 Å². The van der Waals surface area contributed by atoms with Crippen molar-refractivity contribution in [1.82, 2.24) is 4.98 Å². The Bertz CT molecular complexity index is 366. The van der Waals surface area contributed by atoms with E-state index < -0.39 is 0 Å². The summed E-state index contributed by atoms with van der Waals surface area (Å²) in [6.45, 7) is 3.71. The SMILES string of the molecule is CC(=O)C1(Cc2cccnc2C)CC1. The third-order valence-corrected chi connectivity index (χ3v) is 3.25. The highest BCUT2D eigenvalue weighted by Gasteiger charge is 2.47. The van der Waals surface area contributed by atoms with Crippen LogP contribution in [0.1, 0.15) is 31.0 Å². The fourth-order valence-electron chi connectivity index (χ4n) is 1.87. The van der Waals surface area contributed by atoms with Gasteiger partial charge in [0, 0.05) is 17.3 Å². The van der Waals surface area contributed by atoms with Gasteiger partial charge in [-0.05, 0) is 44.7 Å². The number of aryl methyl sites for hydroxylation is 1. The van der Waals surface area contributed by atoms with Crippen LogP contribution in [0.2, 0.25) is 0 Å². The Kier molecular flexibility index (Phi) is 2.14. The minimum atomic E-state index is -0.0339. The van der Waals surface area contributed by atoms with E-state index in [0.717, 1.165) is 25.0 Å². The normalized spacial score (nSPS) is 17.9. The van der Waals surface area contributed by atoms with Gasteiger partial charge < -0.3 is 0 Å². The quantitative estimate of drug-likeness (QED) is 0.730. The average molecular weight is 189 g/mol. The summed E-state index contributed by atoms with van der Waals surface area (Å²) in [5, 5.41) is 0. The summed E-state index contributed by atoms with van der Waals surface area (Å²) < 4.78 is 0. The van der Waals surface area contributed by atoms with Crippen LogP contribution in [0.3, 0.4) is 0 Å². The van der Waals surface area contributed by atoms with Crippen molar-refractivity contribution in [2.75, 3.05) is 0 Å². The van der Waals surface area contributed by atoms with Crippen LogP contribution in [-0.4, -0.2) is 10.8 Å². The molecule has 0 bridgehead atoms. The van der Waals surface area contributed by atoms with Gasteiger partial charge in [0.15, 0.2) is 0 Å². The molecule has 0 spiro atoms. The molecule has 1 aromatic rings. The standard InChI is InChI=1S/C12H15NO/c1-9-11(4-3-7-13-9)8-12(5-6-12)10(2)14/h3-4,7H,5-6,8H2,1-2H3. The van der Waals surface area contributed by atoms with Gasteiger partial charge in [-0.15, -0.1) is 0 Å². The van der Waals surface area contributed by atoms with Gasteiger partial charge in [0.1, 0.15) is 5.78 Å². The summed E-state index contributed by atoms with van der Waals surface area (Å²) in [5.74, 6) is 0.334. The van der Waals surface area contributed by atoms with E-state index in [9.17, 15) is 4.79 Å². The Labute approximate surface area is 84.4 Å². The van der Waals surface area contributed by atoms with Crippen LogP contribution in [0.4, 0.5) is 0 Å². The van der Waals surface area contributed by atoms with E-state index >= 15 is 0 Å². The van der Waals surface area contributed by atoms with Gasteiger partial charge in [-0.25, -0.2) is 0 Å². The van der Waals surface area contributed by atoms with Crippen LogP contribution >= 0.6 is 0 Å². The van der Waals surface area contributed by atoms with Gasteiger partial charge >= 0.3 is 0 Å². The third kappa shape index (κ3) is 1.57. The highest BCUT2D eigenvalue weighted by molar-refractivity contribution is 5.85. The van der Waals surface area contributed by atoms with Crippen LogP contribution in [-0.2, 0) is 11.2 Å². The van der Waals surface area contributed by atoms with Crippen molar-refractivity contribution in [3.63, 3.8) is 0 Å². The van der Waals surface area contributed by atoms with Crippen LogP contribution in [0, 0.1) is 12.3 Å². The van der Waals surface area contributed by atoms with Crippen LogP contribution in [0.5, 0.6) is 0 Å². The Morgan fingerprint density at radius 1 is 1.57 bits per heavy atom. The summed E-state index contributed by atoms with van der Waals surface area (Å²) >= 11 is 0. The maximum Gasteiger partial charge on any atom is 0.136 e. The fraction of sp³-hybridized carbons (Fsp3) is 0.500. The number of hydrogen-bond donors (Lipinski definition) is 0. The second kappa shape index (κ2) is 3.19. The summed E-state index contributed by atoms with van der Waals surface area (Å²) in [7, 11) is 0. The topological polar surface area (TPSA) is 30.0 Å². The Morgan fingerprint density at radius 2 is 2.29 bits per heavy atom. The number of nitrogens with zero attached hydrogens (tertiary/aromatic N) is 1. The zero-order chi connectivity index (χ0) is 10.2. The molecule has 2 rings (SSSR count). The lowest BCUT2D eigenvalue weighted by atomic mass is 9.92. The molecule has 0 radical (unpaired) electrons. The third-order valence-electron chi connectivity index (χ3n) is 3.25. The van der Waals surface area contributed by atoms with E-state index in [2.05, 4.69) is 11.1 Å². The summed E-state index contributed by atoms with van der Waals surface area (Å²) in [6.07, 6.45) is 4.78. The molecule has 1 aliphatic carbocycles. The lowest BCUT2D eigenvalue weighted by Gasteiger charge is -2.12. The number of aromatic nitrogens is 1. The Morgan fingerprint density at radius 3 is 2.79 bits per heavy atom. The second-order valence-corrected chi connectivity index (χ2v) is 4.26. The van der Waals surface area contributed by atoms with Crippen molar-refractivity contribution in [1.29, 1.82) is 0 Å². The summed E-state index contributed by atoms with van der Waals surface area (Å²) in [4.78, 5) is 15.7. The average Bonchev–Trinajstić information content (AvgIpc) is 2.90. The van der Waals surface area contributed by atoms with Gasteiger partial charge in [-0.2, -0.15) is 0 Å². The number of hydrogen-bond acceptors (Lipinski definition) is 2. The molecule has 0 saturated heterocycles. The molecular weight excluding hydrogens is 174 g/mol. The first-order valence-electron chi connectivity index (χ1n) is 5.06. The van der Waals surface area contributed by atoms with Crippen molar-refractivity contribution in [2.24, 2.45) is 5.41 Å². The molecule has 0 unspecified atom stereocenters. The molecule has 1 saturated carbocycles. The van der Waals surface area contributed by atoms with Crippen molar-refractivity contribution in [2.45, 2.75) is 33.1 Å². The van der Waals surface area contributed by atoms with Gasteiger partial charge in [0.2, 0.25) is 0 Å². The number of pyridine rings is 1. The maximum atomic E-state index is 11.4. The first-order valence-corrected chi connectivity index (χ1v) is 5.06. The first kappa shape index (κ1) is 9.38. The number of ketones is 1. The minimum Gasteiger partial charge on any atom is -0.299 e. The molecule has 2 heteroatoms. The number of carbonyl (C=O) groups is 1. The number of rotatable bonds is 3. The lowest BCUT2D eigenvalue weighted by molar-refractivity contribution is -0.121. The van der Waals surface area contributed by atoms with Crippen molar-refractivity contribution < 1.29 is 4.79 Å². The molecule has 2 nitrogen and oxygen atoms in total. The van der Waals surface area contributed by atoms with Gasteiger partial charge in [0.05, 0.1) is 0 Å². The molecule has 1 fully saturated rings. The summed E-state index contributed by atoms with van der Waals surface area (Å²) in [5.41, 5.74) is 2.24. The molecular formula is C12H15NO. The van der Waals surface area contributed by atoms with E-state index in [1.54, 1.807) is 13.1 Å². The van der Waals surface area contributed by atoms with Crippen LogP contribution in [0.15, 0.2) is 18.3 Å². The van der Waals surface area contributed by atoms with Gasteiger partial charge in [0.25, 0.3) is 0 Å². The van der Waals surface area contributed by atoms with Crippen molar-refractivity contribution in [3.05, 3.63) is 29.6 Å². The van der Waals surface area contributed by atoms with E-state index in [4.69, 9.17) is 0 Å². The predicted molar refractivity (Wildman–Crippen MR) is 55.0 cm³/mol. The molecule has 0 N–H and O–H groups in total. The first-order chi connectivity index (χ1) is 6.64. The van der Waals surface area contributed by atoms with Gasteiger partial charge in [-0.1, -0.05) is 6.07 Å². The van der Waals surface area contributed by atoms with E-state index in [1.807, 2.05) is 13.0 Å². The zero-order valence-corrected chi connectivity index (χ0v) is 8.71. The van der Waals surface area contributed by atoms with Gasteiger partial charge in [-0.3, -0.25) is 9.78 Å². The van der Waals surface area contributed by atoms with Crippen LogP contribution < -0.4 is 0 Å². The zero-order valence-electron chi connectivity index (χ0n) is 8.71. The van der Waals surface area contributed by atoms with Crippen molar-refractivity contribution in [3.8, 4) is 0 Å². The molecule has 74 valence electrons. The smallest absolute Gasteiger partial charge is 0.136 e. The van der Waals surface area contributed by atoms with E-state index in [1.165, 1.54) is 5.56 Å². The van der Waals surface area contributed by atoms with Crippen LogP contribution in [0.25, 0.3) is 0 Å². The Balaban J connectivity index is 2.19. The predicted octanol–water partition coefficient (Wildman–Crippen LogP) is 2.30. The molecule has 0 atom stereocenters. The molecule has 14 heavy (non-hydrogen) atoms. The highest BCUT2D eigenvalue weighted by Crippen LogP contribution is 2.49. The van der Waals surface area contributed by atoms with E-state index in [0.29, 0.717) is 5.78 Å². The number of Topliss-reactive ketones (excluding diaryl/α,β-unsaturated/α-hetero) is 1. The Hall–Kier alpha value is -1.18. The minimum absolute atomic E-state index is 0.0339.